The number of halogens is 2. The lowest BCUT2D eigenvalue weighted by Crippen LogP contribution is -2.39. The highest BCUT2D eigenvalue weighted by Gasteiger charge is 2.51. The van der Waals surface area contributed by atoms with Crippen molar-refractivity contribution in [1.82, 2.24) is 14.3 Å². The molecule has 2 aliphatic rings. The van der Waals surface area contributed by atoms with Gasteiger partial charge in [0.2, 0.25) is 5.95 Å². The summed E-state index contributed by atoms with van der Waals surface area (Å²) in [5, 5.41) is 0.603. The molecule has 0 saturated carbocycles. The van der Waals surface area contributed by atoms with E-state index < -0.39 is 11.4 Å². The van der Waals surface area contributed by atoms with Crippen LogP contribution in [-0.2, 0) is 5.54 Å². The lowest BCUT2D eigenvalue weighted by Gasteiger charge is -2.32. The smallest absolute Gasteiger partial charge is 0.225 e. The highest BCUT2D eigenvalue weighted by Crippen LogP contribution is 2.46. The number of aromatic nitrogens is 3. The molecule has 2 aliphatic heterocycles. The van der Waals surface area contributed by atoms with Gasteiger partial charge in [-0.1, -0.05) is 11.8 Å². The number of hydrogen-bond acceptors (Lipinski definition) is 8. The fourth-order valence-electron chi connectivity index (χ4n) is 3.03. The minimum Gasteiger partial charge on any atom is -0.379 e. The highest BCUT2D eigenvalue weighted by molar-refractivity contribution is 8.13. The van der Waals surface area contributed by atoms with Crippen LogP contribution in [0.2, 0.25) is 0 Å². The summed E-state index contributed by atoms with van der Waals surface area (Å²) in [5.41, 5.74) is 5.59. The highest BCUT2D eigenvalue weighted by atomic mass is 35.5. The molecule has 1 fully saturated rings. The molecule has 0 aromatic carbocycles. The second-order valence-electron chi connectivity index (χ2n) is 5.34. The first-order chi connectivity index (χ1) is 10.7. The zero-order valence-electron chi connectivity index (χ0n) is 11.9. The van der Waals surface area contributed by atoms with E-state index in [9.17, 15) is 4.39 Å². The number of nitrogens with zero attached hydrogens (tertiary/aromatic N) is 5. The van der Waals surface area contributed by atoms with Crippen LogP contribution in [0, 0.1) is 11.7 Å². The quantitative estimate of drug-likeness (QED) is 0.867. The summed E-state index contributed by atoms with van der Waals surface area (Å²) < 4.78 is 17.2. The number of amidine groups is 1. The minimum atomic E-state index is -0.435. The molecule has 2 aromatic rings. The molecule has 10 heteroatoms. The summed E-state index contributed by atoms with van der Waals surface area (Å²) in [6.45, 7) is 1.40. The van der Waals surface area contributed by atoms with E-state index >= 15 is 0 Å². The SMILES string of the molecule is Cl.NC1=NC2(c3ccns3)CN(c3ncc(F)cn3)C[C@H]2CS1. The van der Waals surface area contributed by atoms with Crippen molar-refractivity contribution in [1.29, 1.82) is 0 Å². The minimum absolute atomic E-state index is 0. The Morgan fingerprint density at radius 3 is 2.83 bits per heavy atom. The molecule has 0 amide bonds. The van der Waals surface area contributed by atoms with Crippen LogP contribution in [0.1, 0.15) is 4.88 Å². The van der Waals surface area contributed by atoms with Crippen molar-refractivity contribution in [3.05, 3.63) is 35.4 Å². The monoisotopic (exact) mass is 372 g/mol. The van der Waals surface area contributed by atoms with Gasteiger partial charge in [-0.15, -0.1) is 12.4 Å². The number of fused-ring (bicyclic) bond motifs is 1. The van der Waals surface area contributed by atoms with Gasteiger partial charge in [-0.3, -0.25) is 0 Å². The van der Waals surface area contributed by atoms with Gasteiger partial charge in [-0.25, -0.2) is 23.7 Å². The molecule has 4 heterocycles. The molecular formula is C13H14ClFN6S2. The Kier molecular flexibility index (Phi) is 4.43. The zero-order valence-corrected chi connectivity index (χ0v) is 14.4. The van der Waals surface area contributed by atoms with Gasteiger partial charge >= 0.3 is 0 Å². The van der Waals surface area contributed by atoms with E-state index in [0.29, 0.717) is 23.6 Å². The van der Waals surface area contributed by atoms with Gasteiger partial charge in [0.05, 0.1) is 23.8 Å². The third-order valence-electron chi connectivity index (χ3n) is 4.04. The largest absolute Gasteiger partial charge is 0.379 e. The molecule has 2 aromatic heterocycles. The van der Waals surface area contributed by atoms with Crippen LogP contribution in [0.5, 0.6) is 0 Å². The fourth-order valence-corrected chi connectivity index (χ4v) is 4.80. The second-order valence-corrected chi connectivity index (χ2v) is 7.21. The molecule has 0 bridgehead atoms. The third kappa shape index (κ3) is 2.77. The Balaban J connectivity index is 0.00000156. The Hall–Kier alpha value is -1.45. The molecule has 1 saturated heterocycles. The number of aliphatic imine (C=N–C) groups is 1. The number of anilines is 1. The molecule has 4 rings (SSSR count). The van der Waals surface area contributed by atoms with E-state index in [0.717, 1.165) is 17.2 Å². The van der Waals surface area contributed by atoms with Gasteiger partial charge in [0.1, 0.15) is 5.54 Å². The van der Waals surface area contributed by atoms with Crippen molar-refractivity contribution < 1.29 is 4.39 Å². The predicted molar refractivity (Wildman–Crippen MR) is 92.8 cm³/mol. The van der Waals surface area contributed by atoms with E-state index in [1.54, 1.807) is 18.0 Å². The first-order valence-corrected chi connectivity index (χ1v) is 8.55. The molecule has 2 atom stereocenters. The Morgan fingerprint density at radius 1 is 1.35 bits per heavy atom. The van der Waals surface area contributed by atoms with Gasteiger partial charge in [0.15, 0.2) is 11.0 Å². The maximum Gasteiger partial charge on any atom is 0.225 e. The average Bonchev–Trinajstić information content (AvgIpc) is 3.15. The Morgan fingerprint density at radius 2 is 2.13 bits per heavy atom. The number of nitrogens with two attached hydrogens (primary N) is 1. The fraction of sp³-hybridized carbons (Fsp3) is 0.385. The molecule has 122 valence electrons. The summed E-state index contributed by atoms with van der Waals surface area (Å²) in [7, 11) is 0. The number of rotatable bonds is 2. The molecular weight excluding hydrogens is 359 g/mol. The Bertz CT molecular complexity index is 710. The molecule has 0 aliphatic carbocycles. The van der Waals surface area contributed by atoms with E-state index in [1.807, 2.05) is 11.0 Å². The van der Waals surface area contributed by atoms with Gasteiger partial charge in [0.25, 0.3) is 0 Å². The Labute approximate surface area is 147 Å². The molecule has 2 N–H and O–H groups in total. The summed E-state index contributed by atoms with van der Waals surface area (Å²) in [6.07, 6.45) is 4.17. The van der Waals surface area contributed by atoms with Crippen molar-refractivity contribution in [3.63, 3.8) is 0 Å². The normalized spacial score (nSPS) is 26.4. The number of hydrogen-bond donors (Lipinski definition) is 1. The van der Waals surface area contributed by atoms with Crippen molar-refractivity contribution in [2.75, 3.05) is 23.7 Å². The van der Waals surface area contributed by atoms with E-state index in [4.69, 9.17) is 10.7 Å². The van der Waals surface area contributed by atoms with Crippen LogP contribution in [0.25, 0.3) is 0 Å². The first kappa shape index (κ1) is 16.4. The maximum atomic E-state index is 13.0. The topological polar surface area (TPSA) is 80.3 Å². The van der Waals surface area contributed by atoms with E-state index in [-0.39, 0.29) is 12.4 Å². The van der Waals surface area contributed by atoms with Crippen LogP contribution in [0.4, 0.5) is 10.3 Å². The molecule has 0 spiro atoms. The van der Waals surface area contributed by atoms with Crippen LogP contribution in [0.15, 0.2) is 29.6 Å². The van der Waals surface area contributed by atoms with Crippen LogP contribution < -0.4 is 10.6 Å². The summed E-state index contributed by atoms with van der Waals surface area (Å²) >= 11 is 3.02. The summed E-state index contributed by atoms with van der Waals surface area (Å²) in [4.78, 5) is 16.1. The van der Waals surface area contributed by atoms with Gasteiger partial charge in [0, 0.05) is 24.4 Å². The van der Waals surface area contributed by atoms with Crippen LogP contribution in [-0.4, -0.2) is 38.4 Å². The standard InChI is InChI=1S/C13H13FN6S2.ClH/c14-9-3-16-12(17-4-9)20-5-8-6-21-11(15)19-13(8,7-20)10-1-2-18-22-10;/h1-4,8H,5-7H2,(H2,15,19);1H/t8-,13?;/m0./s1. The first-order valence-electron chi connectivity index (χ1n) is 6.79. The van der Waals surface area contributed by atoms with Crippen molar-refractivity contribution >= 4 is 46.8 Å². The van der Waals surface area contributed by atoms with Crippen molar-refractivity contribution in [2.24, 2.45) is 16.6 Å². The van der Waals surface area contributed by atoms with Gasteiger partial charge in [-0.05, 0) is 17.6 Å². The molecule has 6 nitrogen and oxygen atoms in total. The van der Waals surface area contributed by atoms with Crippen LogP contribution in [0.3, 0.4) is 0 Å². The molecule has 1 unspecified atom stereocenters. The van der Waals surface area contributed by atoms with Crippen molar-refractivity contribution in [2.45, 2.75) is 5.54 Å². The summed E-state index contributed by atoms with van der Waals surface area (Å²) in [6, 6.07) is 2.00. The lowest BCUT2D eigenvalue weighted by atomic mass is 9.87. The van der Waals surface area contributed by atoms with Gasteiger partial charge < -0.3 is 10.6 Å². The average molecular weight is 373 g/mol. The molecule has 23 heavy (non-hydrogen) atoms. The van der Waals surface area contributed by atoms with E-state index in [2.05, 4.69) is 14.3 Å². The zero-order chi connectivity index (χ0) is 15.2. The second kappa shape index (κ2) is 6.21. The number of thioether (sulfide) groups is 1. The van der Waals surface area contributed by atoms with Crippen molar-refractivity contribution in [3.8, 4) is 0 Å². The third-order valence-corrected chi connectivity index (χ3v) is 5.91. The predicted octanol–water partition coefficient (Wildman–Crippen LogP) is 1.89. The lowest BCUT2D eigenvalue weighted by molar-refractivity contribution is 0.395. The maximum absolute atomic E-state index is 13.0. The van der Waals surface area contributed by atoms with Gasteiger partial charge in [-0.2, -0.15) is 0 Å². The van der Waals surface area contributed by atoms with E-state index in [1.165, 1.54) is 23.9 Å². The summed E-state index contributed by atoms with van der Waals surface area (Å²) in [5.74, 6) is 1.29. The van der Waals surface area contributed by atoms with Crippen LogP contribution >= 0.6 is 35.7 Å². The molecule has 0 radical (unpaired) electrons.